The van der Waals surface area contributed by atoms with Gasteiger partial charge in [0.2, 0.25) is 0 Å². The van der Waals surface area contributed by atoms with Gasteiger partial charge in [-0.25, -0.2) is 0 Å². The lowest BCUT2D eigenvalue weighted by molar-refractivity contribution is 0.202. The highest BCUT2D eigenvalue weighted by molar-refractivity contribution is 5.26. The van der Waals surface area contributed by atoms with Crippen LogP contribution in [0, 0.1) is 5.92 Å². The van der Waals surface area contributed by atoms with Crippen LogP contribution in [0.1, 0.15) is 62.0 Å². The number of alkyl halides is 1. The summed E-state index contributed by atoms with van der Waals surface area (Å²) in [5.41, 5.74) is 2.87. The number of rotatable bonds is 9. The van der Waals surface area contributed by atoms with Crippen molar-refractivity contribution in [1.82, 2.24) is 0 Å². The maximum absolute atomic E-state index is 12.0. The summed E-state index contributed by atoms with van der Waals surface area (Å²) in [5, 5.41) is 0. The molecule has 0 saturated heterocycles. The normalized spacial score (nSPS) is 21.8. The predicted molar refractivity (Wildman–Crippen MR) is 95.7 cm³/mol. The van der Waals surface area contributed by atoms with Gasteiger partial charge in [-0.1, -0.05) is 36.4 Å². The van der Waals surface area contributed by atoms with Crippen molar-refractivity contribution in [1.29, 1.82) is 0 Å². The summed E-state index contributed by atoms with van der Waals surface area (Å²) in [5.74, 6) is 1.60. The average molecular weight is 318 g/mol. The van der Waals surface area contributed by atoms with Crippen LogP contribution in [0.25, 0.3) is 0 Å². The Morgan fingerprint density at radius 3 is 2.39 bits per heavy atom. The van der Waals surface area contributed by atoms with Crippen molar-refractivity contribution in [2.45, 2.75) is 57.3 Å². The standard InChI is InChI=1S/C21H31FO/c1-23-17-15-19-9-13-21(14-10-19)20-11-7-18(8-12-20)6-4-2-3-5-16-22/h2-3,9-10,13-14,18,20H,4-8,11-12,15-17H2,1H3/b3-2+. The fraction of sp³-hybridized carbons (Fsp3) is 0.619. The van der Waals surface area contributed by atoms with E-state index in [-0.39, 0.29) is 6.67 Å². The van der Waals surface area contributed by atoms with Gasteiger partial charge in [-0.15, -0.1) is 0 Å². The van der Waals surface area contributed by atoms with E-state index in [0.717, 1.165) is 31.3 Å². The van der Waals surface area contributed by atoms with Crippen molar-refractivity contribution >= 4 is 0 Å². The van der Waals surface area contributed by atoms with Gasteiger partial charge in [-0.05, 0) is 74.3 Å². The zero-order chi connectivity index (χ0) is 16.3. The predicted octanol–water partition coefficient (Wildman–Crippen LogP) is 5.85. The minimum Gasteiger partial charge on any atom is -0.384 e. The highest BCUT2D eigenvalue weighted by atomic mass is 19.1. The molecule has 0 bridgehead atoms. The highest BCUT2D eigenvalue weighted by Crippen LogP contribution is 2.37. The van der Waals surface area contributed by atoms with Crippen LogP contribution in [0.4, 0.5) is 4.39 Å². The van der Waals surface area contributed by atoms with Crippen molar-refractivity contribution in [3.8, 4) is 0 Å². The number of hydrogen-bond acceptors (Lipinski definition) is 1. The van der Waals surface area contributed by atoms with Crippen molar-refractivity contribution < 1.29 is 9.13 Å². The lowest BCUT2D eigenvalue weighted by atomic mass is 9.77. The quantitative estimate of drug-likeness (QED) is 0.519. The first-order valence-corrected chi connectivity index (χ1v) is 9.12. The van der Waals surface area contributed by atoms with E-state index < -0.39 is 0 Å². The molecule has 1 aromatic rings. The van der Waals surface area contributed by atoms with E-state index in [1.54, 1.807) is 7.11 Å². The summed E-state index contributed by atoms with van der Waals surface area (Å²) < 4.78 is 17.1. The molecule has 0 N–H and O–H groups in total. The lowest BCUT2D eigenvalue weighted by Gasteiger charge is -2.28. The van der Waals surface area contributed by atoms with Gasteiger partial charge in [-0.3, -0.25) is 4.39 Å². The summed E-state index contributed by atoms with van der Waals surface area (Å²) in [6.45, 7) is 0.566. The van der Waals surface area contributed by atoms with Crippen LogP contribution in [0.15, 0.2) is 36.4 Å². The number of methoxy groups -OCH3 is 1. The molecule has 0 spiro atoms. The van der Waals surface area contributed by atoms with Gasteiger partial charge < -0.3 is 4.74 Å². The molecular weight excluding hydrogens is 287 g/mol. The summed E-state index contributed by atoms with van der Waals surface area (Å²) >= 11 is 0. The second-order valence-corrected chi connectivity index (χ2v) is 6.73. The number of benzene rings is 1. The molecule has 128 valence electrons. The Morgan fingerprint density at radius 2 is 1.74 bits per heavy atom. The Bertz CT molecular complexity index is 443. The molecule has 0 unspecified atom stereocenters. The van der Waals surface area contributed by atoms with Crippen LogP contribution in [0.5, 0.6) is 0 Å². The number of hydrogen-bond donors (Lipinski definition) is 0. The molecule has 2 heteroatoms. The smallest absolute Gasteiger partial charge is 0.0928 e. The third-order valence-corrected chi connectivity index (χ3v) is 5.08. The van der Waals surface area contributed by atoms with E-state index in [2.05, 4.69) is 30.3 Å². The van der Waals surface area contributed by atoms with Gasteiger partial charge in [0.1, 0.15) is 0 Å². The van der Waals surface area contributed by atoms with Gasteiger partial charge >= 0.3 is 0 Å². The van der Waals surface area contributed by atoms with Crippen LogP contribution in [-0.4, -0.2) is 20.4 Å². The molecule has 1 fully saturated rings. The SMILES string of the molecule is COCCc1ccc(C2CCC(CC/C=C/CCF)CC2)cc1. The Hall–Kier alpha value is -1.15. The van der Waals surface area contributed by atoms with Crippen LogP contribution in [0.3, 0.4) is 0 Å². The Balaban J connectivity index is 1.71. The van der Waals surface area contributed by atoms with Gasteiger partial charge in [0, 0.05) is 7.11 Å². The first-order chi connectivity index (χ1) is 11.3. The van der Waals surface area contributed by atoms with Crippen LogP contribution >= 0.6 is 0 Å². The van der Waals surface area contributed by atoms with Crippen LogP contribution in [0.2, 0.25) is 0 Å². The van der Waals surface area contributed by atoms with Gasteiger partial charge in [0.25, 0.3) is 0 Å². The summed E-state index contributed by atoms with van der Waals surface area (Å²) in [6.07, 6.45) is 13.4. The Kier molecular flexibility index (Phi) is 8.38. The van der Waals surface area contributed by atoms with E-state index in [4.69, 9.17) is 4.74 Å². The third kappa shape index (κ3) is 6.47. The van der Waals surface area contributed by atoms with E-state index in [1.165, 1.54) is 43.2 Å². The summed E-state index contributed by atoms with van der Waals surface area (Å²) in [7, 11) is 1.75. The number of halogens is 1. The van der Waals surface area contributed by atoms with E-state index >= 15 is 0 Å². The van der Waals surface area contributed by atoms with Gasteiger partial charge in [-0.2, -0.15) is 0 Å². The Morgan fingerprint density at radius 1 is 1.04 bits per heavy atom. The zero-order valence-corrected chi connectivity index (χ0v) is 14.5. The molecule has 2 rings (SSSR count). The fourth-order valence-electron chi connectivity index (χ4n) is 3.59. The van der Waals surface area contributed by atoms with Crippen LogP contribution < -0.4 is 0 Å². The van der Waals surface area contributed by atoms with E-state index in [0.29, 0.717) is 6.42 Å². The molecule has 0 atom stereocenters. The molecule has 0 aliphatic heterocycles. The molecule has 0 radical (unpaired) electrons. The van der Waals surface area contributed by atoms with Crippen molar-refractivity contribution in [2.75, 3.05) is 20.4 Å². The first-order valence-electron chi connectivity index (χ1n) is 9.12. The molecule has 1 aliphatic rings. The topological polar surface area (TPSA) is 9.23 Å². The maximum Gasteiger partial charge on any atom is 0.0928 e. The second-order valence-electron chi connectivity index (χ2n) is 6.73. The lowest BCUT2D eigenvalue weighted by Crippen LogP contribution is -2.13. The minimum atomic E-state index is -0.230. The van der Waals surface area contributed by atoms with Gasteiger partial charge in [0.05, 0.1) is 13.3 Å². The highest BCUT2D eigenvalue weighted by Gasteiger charge is 2.21. The molecule has 1 aromatic carbocycles. The van der Waals surface area contributed by atoms with E-state index in [9.17, 15) is 4.39 Å². The van der Waals surface area contributed by atoms with Crippen molar-refractivity contribution in [3.63, 3.8) is 0 Å². The zero-order valence-electron chi connectivity index (χ0n) is 14.5. The van der Waals surface area contributed by atoms with Crippen molar-refractivity contribution in [2.24, 2.45) is 5.92 Å². The third-order valence-electron chi connectivity index (χ3n) is 5.08. The summed E-state index contributed by atoms with van der Waals surface area (Å²) in [6, 6.07) is 9.15. The van der Waals surface area contributed by atoms with E-state index in [1.807, 2.05) is 6.08 Å². The maximum atomic E-state index is 12.0. The molecule has 0 aromatic heterocycles. The number of allylic oxidation sites excluding steroid dienone is 2. The number of ether oxygens (including phenoxy) is 1. The second kappa shape index (κ2) is 10.6. The molecule has 1 nitrogen and oxygen atoms in total. The summed E-state index contributed by atoms with van der Waals surface area (Å²) in [4.78, 5) is 0. The minimum absolute atomic E-state index is 0.230. The molecular formula is C21H31FO. The monoisotopic (exact) mass is 318 g/mol. The first kappa shape index (κ1) is 18.2. The molecule has 0 amide bonds. The molecule has 23 heavy (non-hydrogen) atoms. The molecule has 0 heterocycles. The molecule has 1 saturated carbocycles. The van der Waals surface area contributed by atoms with Crippen molar-refractivity contribution in [3.05, 3.63) is 47.5 Å². The fourth-order valence-corrected chi connectivity index (χ4v) is 3.59. The Labute approximate surface area is 140 Å². The largest absolute Gasteiger partial charge is 0.384 e. The molecule has 1 aliphatic carbocycles. The van der Waals surface area contributed by atoms with Gasteiger partial charge in [0.15, 0.2) is 0 Å². The average Bonchev–Trinajstić information content (AvgIpc) is 2.61. The van der Waals surface area contributed by atoms with Crippen LogP contribution in [-0.2, 0) is 11.2 Å².